The Bertz CT molecular complexity index is 307. The van der Waals surface area contributed by atoms with Crippen molar-refractivity contribution in [2.45, 2.75) is 20.0 Å². The first-order valence-electron chi connectivity index (χ1n) is 5.10. The minimum Gasteiger partial charge on any atom is -0.488 e. The van der Waals surface area contributed by atoms with Crippen LogP contribution in [0.25, 0.3) is 0 Å². The molecule has 1 aromatic rings. The number of hydrogen-bond acceptors (Lipinski definition) is 4. The highest BCUT2D eigenvalue weighted by Crippen LogP contribution is 2.19. The van der Waals surface area contributed by atoms with E-state index in [0.29, 0.717) is 5.69 Å². The van der Waals surface area contributed by atoms with Crippen molar-refractivity contribution in [2.75, 3.05) is 18.9 Å². The molecule has 0 heterocycles. The molecule has 1 atom stereocenters. The lowest BCUT2D eigenvalue weighted by Gasteiger charge is -2.10. The molecule has 0 fully saturated rings. The third-order valence-electron chi connectivity index (χ3n) is 1.60. The number of benzene rings is 1. The van der Waals surface area contributed by atoms with Crippen molar-refractivity contribution in [3.05, 3.63) is 24.0 Å². The second kappa shape index (κ2) is 7.90. The monoisotopic (exact) mass is 231 g/mol. The van der Waals surface area contributed by atoms with Gasteiger partial charge in [-0.2, -0.15) is 0 Å². The molecular weight excluding hydrogens is 213 g/mol. The van der Waals surface area contributed by atoms with E-state index in [0.717, 1.165) is 6.07 Å². The van der Waals surface area contributed by atoms with Crippen molar-refractivity contribution in [2.24, 2.45) is 0 Å². The van der Waals surface area contributed by atoms with E-state index >= 15 is 0 Å². The third-order valence-corrected chi connectivity index (χ3v) is 1.60. The van der Waals surface area contributed by atoms with Crippen molar-refractivity contribution in [1.82, 2.24) is 0 Å². The van der Waals surface area contributed by atoms with E-state index in [9.17, 15) is 4.39 Å². The lowest BCUT2D eigenvalue weighted by molar-refractivity contribution is 0.0523. The van der Waals surface area contributed by atoms with E-state index in [4.69, 9.17) is 20.7 Å². The molecule has 1 aromatic carbocycles. The molecule has 0 aliphatic rings. The van der Waals surface area contributed by atoms with E-state index < -0.39 is 18.5 Å². The summed E-state index contributed by atoms with van der Waals surface area (Å²) in [7, 11) is 0. The standard InChI is InChI=1S/C9H12FNO3.C2H6/c10-8-3-6(11)1-2-9(8)14-5-7(13)4-12;1-2/h1-3,7,12-13H,4-5,11H2;1-2H3. The zero-order chi connectivity index (χ0) is 12.6. The molecular formula is C11H18FNO3. The third kappa shape index (κ3) is 4.95. The van der Waals surface area contributed by atoms with Crippen LogP contribution < -0.4 is 10.5 Å². The van der Waals surface area contributed by atoms with Gasteiger partial charge in [0.15, 0.2) is 11.6 Å². The molecule has 0 bridgehead atoms. The number of hydrogen-bond donors (Lipinski definition) is 3. The topological polar surface area (TPSA) is 75.7 Å². The summed E-state index contributed by atoms with van der Waals surface area (Å²) in [4.78, 5) is 0. The predicted molar refractivity (Wildman–Crippen MR) is 60.7 cm³/mol. The molecule has 0 saturated carbocycles. The number of ether oxygens (including phenoxy) is 1. The lowest BCUT2D eigenvalue weighted by Crippen LogP contribution is -2.21. The second-order valence-corrected chi connectivity index (χ2v) is 2.84. The Morgan fingerprint density at radius 2 is 2.06 bits per heavy atom. The van der Waals surface area contributed by atoms with Crippen LogP contribution in [0.4, 0.5) is 10.1 Å². The summed E-state index contributed by atoms with van der Waals surface area (Å²) in [6.45, 7) is 3.42. The minimum atomic E-state index is -1.01. The number of aliphatic hydroxyl groups is 2. The maximum absolute atomic E-state index is 13.1. The number of halogens is 1. The maximum Gasteiger partial charge on any atom is 0.167 e. The van der Waals surface area contributed by atoms with E-state index in [1.165, 1.54) is 12.1 Å². The second-order valence-electron chi connectivity index (χ2n) is 2.84. The maximum atomic E-state index is 13.1. The average molecular weight is 231 g/mol. The van der Waals surface area contributed by atoms with Crippen molar-refractivity contribution < 1.29 is 19.3 Å². The lowest BCUT2D eigenvalue weighted by atomic mass is 10.3. The molecule has 0 saturated heterocycles. The summed E-state index contributed by atoms with van der Waals surface area (Å²) in [5, 5.41) is 17.4. The Morgan fingerprint density at radius 3 is 2.56 bits per heavy atom. The summed E-state index contributed by atoms with van der Waals surface area (Å²) in [5.41, 5.74) is 5.63. The first-order chi connectivity index (χ1) is 7.63. The smallest absolute Gasteiger partial charge is 0.167 e. The van der Waals surface area contributed by atoms with Crippen LogP contribution in [0.1, 0.15) is 13.8 Å². The highest BCUT2D eigenvalue weighted by molar-refractivity contribution is 5.42. The van der Waals surface area contributed by atoms with Crippen LogP contribution in [0.5, 0.6) is 5.75 Å². The van der Waals surface area contributed by atoms with E-state index in [2.05, 4.69) is 0 Å². The number of aliphatic hydroxyl groups excluding tert-OH is 2. The van der Waals surface area contributed by atoms with Gasteiger partial charge in [0.05, 0.1) is 6.61 Å². The molecule has 1 unspecified atom stereocenters. The van der Waals surface area contributed by atoms with E-state index in [1.807, 2.05) is 13.8 Å². The van der Waals surface area contributed by atoms with Crippen molar-refractivity contribution in [1.29, 1.82) is 0 Å². The van der Waals surface area contributed by atoms with Crippen LogP contribution in [0.2, 0.25) is 0 Å². The van der Waals surface area contributed by atoms with Gasteiger partial charge in [-0.1, -0.05) is 13.8 Å². The summed E-state index contributed by atoms with van der Waals surface area (Å²) in [5.74, 6) is -0.582. The highest BCUT2D eigenvalue weighted by Gasteiger charge is 2.06. The Morgan fingerprint density at radius 1 is 1.44 bits per heavy atom. The fourth-order valence-corrected chi connectivity index (χ4v) is 0.873. The molecule has 5 heteroatoms. The SMILES string of the molecule is CC.Nc1ccc(OCC(O)CO)c(F)c1. The Balaban J connectivity index is 0.00000106. The van der Waals surface area contributed by atoms with Crippen LogP contribution in [0.15, 0.2) is 18.2 Å². The van der Waals surface area contributed by atoms with Gasteiger partial charge in [0.25, 0.3) is 0 Å². The molecule has 0 aliphatic carbocycles. The van der Waals surface area contributed by atoms with E-state index in [-0.39, 0.29) is 12.4 Å². The van der Waals surface area contributed by atoms with Crippen LogP contribution >= 0.6 is 0 Å². The molecule has 0 aliphatic heterocycles. The molecule has 16 heavy (non-hydrogen) atoms. The van der Waals surface area contributed by atoms with Gasteiger partial charge in [-0.3, -0.25) is 0 Å². The van der Waals surface area contributed by atoms with Crippen LogP contribution in [-0.2, 0) is 0 Å². The zero-order valence-corrected chi connectivity index (χ0v) is 9.48. The highest BCUT2D eigenvalue weighted by atomic mass is 19.1. The Labute approximate surface area is 94.5 Å². The van der Waals surface area contributed by atoms with Gasteiger partial charge in [0.1, 0.15) is 12.7 Å². The van der Waals surface area contributed by atoms with Crippen molar-refractivity contribution >= 4 is 5.69 Å². The number of anilines is 1. The molecule has 4 nitrogen and oxygen atoms in total. The van der Waals surface area contributed by atoms with Crippen molar-refractivity contribution in [3.8, 4) is 5.75 Å². The quantitative estimate of drug-likeness (QED) is 0.680. The van der Waals surface area contributed by atoms with Crippen LogP contribution in [-0.4, -0.2) is 29.5 Å². The number of nitrogens with two attached hydrogens (primary N) is 1. The van der Waals surface area contributed by atoms with Gasteiger partial charge < -0.3 is 20.7 Å². The molecule has 0 amide bonds. The largest absolute Gasteiger partial charge is 0.488 e. The normalized spacial score (nSPS) is 11.3. The molecule has 1 rings (SSSR count). The molecule has 92 valence electrons. The minimum absolute atomic E-state index is 0.00620. The number of rotatable bonds is 4. The fourth-order valence-electron chi connectivity index (χ4n) is 0.873. The number of nitrogen functional groups attached to an aromatic ring is 1. The summed E-state index contributed by atoms with van der Waals surface area (Å²) >= 11 is 0. The zero-order valence-electron chi connectivity index (χ0n) is 9.48. The fraction of sp³-hybridized carbons (Fsp3) is 0.455. The molecule has 0 spiro atoms. The average Bonchev–Trinajstić information content (AvgIpc) is 2.30. The molecule has 4 N–H and O–H groups in total. The van der Waals surface area contributed by atoms with Gasteiger partial charge in [-0.05, 0) is 12.1 Å². The van der Waals surface area contributed by atoms with E-state index in [1.54, 1.807) is 0 Å². The first-order valence-corrected chi connectivity index (χ1v) is 5.10. The summed E-state index contributed by atoms with van der Waals surface area (Å²) in [6.07, 6.45) is -1.01. The van der Waals surface area contributed by atoms with Crippen LogP contribution in [0, 0.1) is 5.82 Å². The molecule has 0 aromatic heterocycles. The van der Waals surface area contributed by atoms with Crippen molar-refractivity contribution in [3.63, 3.8) is 0 Å². The van der Waals surface area contributed by atoms with Gasteiger partial charge >= 0.3 is 0 Å². The summed E-state index contributed by atoms with van der Waals surface area (Å²) in [6, 6.07) is 3.99. The molecule has 0 radical (unpaired) electrons. The predicted octanol–water partition coefficient (Wildman–Crippen LogP) is 1.17. The van der Waals surface area contributed by atoms with Gasteiger partial charge in [-0.15, -0.1) is 0 Å². The van der Waals surface area contributed by atoms with Gasteiger partial charge in [0, 0.05) is 11.8 Å². The summed E-state index contributed by atoms with van der Waals surface area (Å²) < 4.78 is 18.0. The van der Waals surface area contributed by atoms with Crippen LogP contribution in [0.3, 0.4) is 0 Å². The first kappa shape index (κ1) is 14.7. The Kier molecular flexibility index (Phi) is 7.24. The van der Waals surface area contributed by atoms with Gasteiger partial charge in [-0.25, -0.2) is 4.39 Å². The Hall–Kier alpha value is -1.33. The van der Waals surface area contributed by atoms with Gasteiger partial charge in [0.2, 0.25) is 0 Å².